The molecule has 0 atom stereocenters. The van der Waals surface area contributed by atoms with Crippen molar-refractivity contribution in [3.8, 4) is 0 Å². The maximum atomic E-state index is 11.8. The molecule has 1 rings (SSSR count). The molecule has 0 aliphatic carbocycles. The van der Waals surface area contributed by atoms with Crippen LogP contribution in [0.2, 0.25) is 0 Å². The summed E-state index contributed by atoms with van der Waals surface area (Å²) in [6, 6.07) is 0. The number of carbonyl (C=O) groups excluding carboxylic acids is 1. The highest BCUT2D eigenvalue weighted by molar-refractivity contribution is 7.14. The minimum atomic E-state index is -4.33. The molecule has 0 aliphatic rings. The monoisotopic (exact) mass is 298 g/mol. The summed E-state index contributed by atoms with van der Waals surface area (Å²) in [5.74, 6) is -0.567. The van der Waals surface area contributed by atoms with Gasteiger partial charge in [-0.1, -0.05) is 0 Å². The van der Waals surface area contributed by atoms with Crippen LogP contribution in [0.3, 0.4) is 0 Å². The van der Waals surface area contributed by atoms with Crippen molar-refractivity contribution >= 4 is 22.3 Å². The van der Waals surface area contributed by atoms with Crippen LogP contribution in [0, 0.1) is 0 Å². The quantitative estimate of drug-likeness (QED) is 0.618. The van der Waals surface area contributed by atoms with Crippen LogP contribution in [0.15, 0.2) is 5.51 Å². The van der Waals surface area contributed by atoms with Crippen LogP contribution >= 0.6 is 11.3 Å². The average molecular weight is 298 g/mol. The zero-order valence-corrected chi connectivity index (χ0v) is 10.9. The van der Waals surface area contributed by atoms with Crippen molar-refractivity contribution in [1.29, 1.82) is 0 Å². The summed E-state index contributed by atoms with van der Waals surface area (Å²) in [6.07, 6.45) is -4.33. The van der Waals surface area contributed by atoms with Crippen LogP contribution in [-0.4, -0.2) is 43.5 Å². The molecule has 0 saturated carbocycles. The average Bonchev–Trinajstić information content (AvgIpc) is 2.75. The second kappa shape index (κ2) is 7.29. The maximum absolute atomic E-state index is 11.8. The Hall–Kier alpha value is -1.35. The van der Waals surface area contributed by atoms with Gasteiger partial charge in [0.15, 0.2) is 5.69 Å². The molecule has 0 saturated heterocycles. The third-order valence-electron chi connectivity index (χ3n) is 1.83. The smallest absolute Gasteiger partial charge is 0.411 e. The number of esters is 1. The molecule has 0 spiro atoms. The van der Waals surface area contributed by atoms with Crippen molar-refractivity contribution in [3.63, 3.8) is 0 Å². The Morgan fingerprint density at radius 2 is 2.26 bits per heavy atom. The Bertz CT molecular complexity index is 409. The van der Waals surface area contributed by atoms with Gasteiger partial charge in [-0.05, 0) is 6.92 Å². The first-order valence-corrected chi connectivity index (χ1v) is 6.31. The number of nitrogens with zero attached hydrogens (tertiary/aromatic N) is 1. The largest absolute Gasteiger partial charge is 0.461 e. The lowest BCUT2D eigenvalue weighted by Crippen LogP contribution is -2.20. The van der Waals surface area contributed by atoms with Crippen molar-refractivity contribution < 1.29 is 27.4 Å². The van der Waals surface area contributed by atoms with E-state index in [4.69, 9.17) is 4.74 Å². The molecule has 0 bridgehead atoms. The van der Waals surface area contributed by atoms with E-state index in [1.165, 1.54) is 16.8 Å². The summed E-state index contributed by atoms with van der Waals surface area (Å²) in [5, 5.41) is 3.23. The van der Waals surface area contributed by atoms with Crippen LogP contribution in [-0.2, 0) is 9.47 Å². The molecule has 9 heteroatoms. The van der Waals surface area contributed by atoms with Gasteiger partial charge in [0.05, 0.1) is 18.7 Å². The lowest BCUT2D eigenvalue weighted by atomic mass is 10.4. The van der Waals surface area contributed by atoms with Crippen molar-refractivity contribution in [2.75, 3.05) is 31.7 Å². The highest BCUT2D eigenvalue weighted by Gasteiger charge is 2.27. The molecule has 0 radical (unpaired) electrons. The number of anilines is 1. The fourth-order valence-electron chi connectivity index (χ4n) is 1.14. The predicted molar refractivity (Wildman–Crippen MR) is 63.4 cm³/mol. The SMILES string of the molecule is CCOC(=O)c1ncsc1NCCOCC(F)(F)F. The summed E-state index contributed by atoms with van der Waals surface area (Å²) in [5.41, 5.74) is 1.58. The highest BCUT2D eigenvalue weighted by Crippen LogP contribution is 2.20. The number of halogens is 3. The number of aromatic nitrogens is 1. The van der Waals surface area contributed by atoms with Gasteiger partial charge in [0, 0.05) is 6.54 Å². The molecular formula is C10H13F3N2O3S. The Kier molecular flexibility index (Phi) is 6.03. The predicted octanol–water partition coefficient (Wildman–Crippen LogP) is 2.31. The first kappa shape index (κ1) is 15.7. The highest BCUT2D eigenvalue weighted by atomic mass is 32.1. The molecule has 5 nitrogen and oxygen atoms in total. The van der Waals surface area contributed by atoms with E-state index < -0.39 is 18.8 Å². The first-order valence-electron chi connectivity index (χ1n) is 5.43. The molecule has 0 amide bonds. The molecule has 1 N–H and O–H groups in total. The van der Waals surface area contributed by atoms with Crippen molar-refractivity contribution in [2.24, 2.45) is 0 Å². The van der Waals surface area contributed by atoms with Gasteiger partial charge in [0.2, 0.25) is 0 Å². The molecule has 0 aliphatic heterocycles. The second-order valence-corrected chi connectivity index (χ2v) is 4.20. The summed E-state index contributed by atoms with van der Waals surface area (Å²) in [4.78, 5) is 15.3. The molecule has 0 unspecified atom stereocenters. The standard InChI is InChI=1S/C10H13F3N2O3S/c1-2-18-9(16)7-8(19-6-15-7)14-3-4-17-5-10(11,12)13/h6,14H,2-5H2,1H3. The summed E-state index contributed by atoms with van der Waals surface area (Å²) in [6.45, 7) is 0.624. The zero-order valence-electron chi connectivity index (χ0n) is 10.1. The number of rotatable bonds is 7. The van der Waals surface area contributed by atoms with E-state index in [0.29, 0.717) is 5.00 Å². The van der Waals surface area contributed by atoms with Gasteiger partial charge in [-0.15, -0.1) is 11.3 Å². The van der Waals surface area contributed by atoms with E-state index in [1.54, 1.807) is 6.92 Å². The van der Waals surface area contributed by atoms with Gasteiger partial charge >= 0.3 is 12.1 Å². The summed E-state index contributed by atoms with van der Waals surface area (Å²) >= 11 is 1.17. The normalized spacial score (nSPS) is 11.4. The molecule has 1 aromatic rings. The number of alkyl halides is 3. The van der Waals surface area contributed by atoms with Gasteiger partial charge in [0.1, 0.15) is 11.6 Å². The van der Waals surface area contributed by atoms with Gasteiger partial charge in [-0.3, -0.25) is 0 Å². The number of nitrogens with one attached hydrogen (secondary N) is 1. The molecule has 1 heterocycles. The van der Waals surface area contributed by atoms with Gasteiger partial charge in [-0.2, -0.15) is 13.2 Å². The number of thiazole rings is 1. The van der Waals surface area contributed by atoms with Crippen molar-refractivity contribution in [2.45, 2.75) is 13.1 Å². The Balaban J connectivity index is 2.34. The van der Waals surface area contributed by atoms with E-state index >= 15 is 0 Å². The zero-order chi connectivity index (χ0) is 14.3. The fraction of sp³-hybridized carbons (Fsp3) is 0.600. The molecule has 19 heavy (non-hydrogen) atoms. The van der Waals surface area contributed by atoms with E-state index in [1.807, 2.05) is 0 Å². The minimum absolute atomic E-state index is 0.125. The molecule has 0 fully saturated rings. The molecule has 108 valence electrons. The Labute approximate surface area is 111 Å². The van der Waals surface area contributed by atoms with Gasteiger partial charge in [0.25, 0.3) is 0 Å². The topological polar surface area (TPSA) is 60.5 Å². The van der Waals surface area contributed by atoms with E-state index in [-0.39, 0.29) is 25.5 Å². The lowest BCUT2D eigenvalue weighted by Gasteiger charge is -2.08. The number of ether oxygens (including phenoxy) is 2. The van der Waals surface area contributed by atoms with E-state index in [9.17, 15) is 18.0 Å². The van der Waals surface area contributed by atoms with Crippen molar-refractivity contribution in [3.05, 3.63) is 11.2 Å². The first-order chi connectivity index (χ1) is 8.94. The number of hydrogen-bond acceptors (Lipinski definition) is 6. The van der Waals surface area contributed by atoms with Crippen LogP contribution < -0.4 is 5.32 Å². The molecular weight excluding hydrogens is 285 g/mol. The Morgan fingerprint density at radius 1 is 1.53 bits per heavy atom. The lowest BCUT2D eigenvalue weighted by molar-refractivity contribution is -0.172. The number of hydrogen-bond donors (Lipinski definition) is 1. The van der Waals surface area contributed by atoms with E-state index in [0.717, 1.165) is 0 Å². The summed E-state index contributed by atoms with van der Waals surface area (Å²) < 4.78 is 44.6. The van der Waals surface area contributed by atoms with Crippen LogP contribution in [0.1, 0.15) is 17.4 Å². The second-order valence-electron chi connectivity index (χ2n) is 3.35. The maximum Gasteiger partial charge on any atom is 0.411 e. The molecule has 1 aromatic heterocycles. The van der Waals surface area contributed by atoms with Gasteiger partial charge < -0.3 is 14.8 Å². The van der Waals surface area contributed by atoms with Crippen LogP contribution in [0.5, 0.6) is 0 Å². The number of carbonyl (C=O) groups is 1. The minimum Gasteiger partial charge on any atom is -0.461 e. The third kappa shape index (κ3) is 5.88. The van der Waals surface area contributed by atoms with Crippen molar-refractivity contribution in [1.82, 2.24) is 4.98 Å². The molecule has 0 aromatic carbocycles. The van der Waals surface area contributed by atoms with Gasteiger partial charge in [-0.25, -0.2) is 9.78 Å². The Morgan fingerprint density at radius 3 is 2.89 bits per heavy atom. The fourth-order valence-corrected chi connectivity index (χ4v) is 1.84. The third-order valence-corrected chi connectivity index (χ3v) is 2.62. The van der Waals surface area contributed by atoms with Crippen LogP contribution in [0.25, 0.3) is 0 Å². The van der Waals surface area contributed by atoms with E-state index in [2.05, 4.69) is 15.0 Å². The van der Waals surface area contributed by atoms with Crippen LogP contribution in [0.4, 0.5) is 18.2 Å². The summed E-state index contributed by atoms with van der Waals surface area (Å²) in [7, 11) is 0.